The van der Waals surface area contributed by atoms with Crippen molar-refractivity contribution >= 4 is 35.6 Å². The molecule has 160 valence electrons. The maximum Gasteiger partial charge on any atom is 0.191 e. The highest BCUT2D eigenvalue weighted by molar-refractivity contribution is 14.0. The van der Waals surface area contributed by atoms with E-state index in [1.54, 1.807) is 12.1 Å². The van der Waals surface area contributed by atoms with E-state index in [4.69, 9.17) is 9.52 Å². The molecule has 2 aromatic rings. The maximum atomic E-state index is 13.5. The zero-order valence-electron chi connectivity index (χ0n) is 17.4. The standard InChI is InChI=1S/C21H30FN5O.HI/c1-4-23-21(24-11-8-20-15(2)26-28-16(20)3)25-18-9-12-27(13-10-18)19-7-5-6-17(22)14-19;/h5-7,14,18H,4,8-13H2,1-3H3,(H2,23,24,25);1H. The number of anilines is 1. The molecule has 1 aliphatic rings. The maximum absolute atomic E-state index is 13.5. The van der Waals surface area contributed by atoms with E-state index in [-0.39, 0.29) is 29.8 Å². The van der Waals surface area contributed by atoms with Crippen LogP contribution < -0.4 is 15.5 Å². The van der Waals surface area contributed by atoms with Gasteiger partial charge in [0, 0.05) is 43.5 Å². The predicted molar refractivity (Wildman–Crippen MR) is 126 cm³/mol. The summed E-state index contributed by atoms with van der Waals surface area (Å²) >= 11 is 0. The number of aryl methyl sites for hydroxylation is 2. The van der Waals surface area contributed by atoms with Crippen LogP contribution in [0.5, 0.6) is 0 Å². The van der Waals surface area contributed by atoms with Crippen molar-refractivity contribution < 1.29 is 8.91 Å². The largest absolute Gasteiger partial charge is 0.371 e. The van der Waals surface area contributed by atoms with Gasteiger partial charge in [-0.3, -0.25) is 4.99 Å². The summed E-state index contributed by atoms with van der Waals surface area (Å²) in [4.78, 5) is 6.95. The fourth-order valence-corrected chi connectivity index (χ4v) is 3.61. The minimum Gasteiger partial charge on any atom is -0.371 e. The monoisotopic (exact) mass is 515 g/mol. The lowest BCUT2D eigenvalue weighted by atomic mass is 10.0. The smallest absolute Gasteiger partial charge is 0.191 e. The number of nitrogens with one attached hydrogen (secondary N) is 2. The van der Waals surface area contributed by atoms with E-state index in [9.17, 15) is 4.39 Å². The number of aliphatic imine (C=N–C) groups is 1. The molecule has 1 aromatic carbocycles. The van der Waals surface area contributed by atoms with Crippen LogP contribution in [-0.2, 0) is 6.42 Å². The van der Waals surface area contributed by atoms with Crippen LogP contribution in [0.2, 0.25) is 0 Å². The van der Waals surface area contributed by atoms with E-state index in [2.05, 4.69) is 27.6 Å². The van der Waals surface area contributed by atoms with Crippen molar-refractivity contribution in [1.29, 1.82) is 0 Å². The third kappa shape index (κ3) is 6.58. The molecule has 0 unspecified atom stereocenters. The topological polar surface area (TPSA) is 65.7 Å². The summed E-state index contributed by atoms with van der Waals surface area (Å²) in [6.45, 7) is 9.27. The van der Waals surface area contributed by atoms with Crippen molar-refractivity contribution in [1.82, 2.24) is 15.8 Å². The molecule has 1 saturated heterocycles. The molecule has 1 fully saturated rings. The Hall–Kier alpha value is -1.84. The lowest BCUT2D eigenvalue weighted by Crippen LogP contribution is -2.48. The molecule has 3 rings (SSSR count). The van der Waals surface area contributed by atoms with Gasteiger partial charge in [0.25, 0.3) is 0 Å². The Balaban J connectivity index is 0.00000300. The number of guanidine groups is 1. The van der Waals surface area contributed by atoms with Gasteiger partial charge in [0.15, 0.2) is 5.96 Å². The van der Waals surface area contributed by atoms with Gasteiger partial charge in [-0.15, -0.1) is 24.0 Å². The molecule has 1 aromatic heterocycles. The molecule has 0 amide bonds. The first kappa shape index (κ1) is 23.4. The molecule has 29 heavy (non-hydrogen) atoms. The van der Waals surface area contributed by atoms with E-state index < -0.39 is 0 Å². The molecule has 0 bridgehead atoms. The van der Waals surface area contributed by atoms with Gasteiger partial charge in [-0.2, -0.15) is 0 Å². The van der Waals surface area contributed by atoms with Crippen LogP contribution in [0.4, 0.5) is 10.1 Å². The Morgan fingerprint density at radius 1 is 1.31 bits per heavy atom. The zero-order valence-corrected chi connectivity index (χ0v) is 19.7. The number of halogens is 2. The highest BCUT2D eigenvalue weighted by Gasteiger charge is 2.20. The Labute approximate surface area is 189 Å². The second-order valence-corrected chi connectivity index (χ2v) is 7.20. The van der Waals surface area contributed by atoms with E-state index in [0.717, 1.165) is 67.6 Å². The number of hydrogen-bond donors (Lipinski definition) is 2. The van der Waals surface area contributed by atoms with Gasteiger partial charge in [0.1, 0.15) is 11.6 Å². The van der Waals surface area contributed by atoms with Gasteiger partial charge in [-0.25, -0.2) is 4.39 Å². The molecule has 0 aliphatic carbocycles. The molecule has 6 nitrogen and oxygen atoms in total. The SMILES string of the molecule is CCNC(=NCCc1c(C)noc1C)NC1CCN(c2cccc(F)c2)CC1.I. The summed E-state index contributed by atoms with van der Waals surface area (Å²) in [5.74, 6) is 1.53. The van der Waals surface area contributed by atoms with Crippen molar-refractivity contribution in [2.24, 2.45) is 4.99 Å². The van der Waals surface area contributed by atoms with Gasteiger partial charge in [0.05, 0.1) is 5.69 Å². The molecular formula is C21H31FIN5O. The summed E-state index contributed by atoms with van der Waals surface area (Å²) in [6, 6.07) is 7.19. The lowest BCUT2D eigenvalue weighted by molar-refractivity contribution is 0.392. The van der Waals surface area contributed by atoms with Crippen LogP contribution >= 0.6 is 24.0 Å². The van der Waals surface area contributed by atoms with E-state index in [1.807, 2.05) is 19.9 Å². The molecule has 1 aliphatic heterocycles. The van der Waals surface area contributed by atoms with Crippen molar-refractivity contribution in [3.05, 3.63) is 47.1 Å². The first-order chi connectivity index (χ1) is 13.6. The van der Waals surface area contributed by atoms with Gasteiger partial charge in [-0.05, 0) is 58.2 Å². The van der Waals surface area contributed by atoms with Crippen LogP contribution in [0.15, 0.2) is 33.8 Å². The number of benzene rings is 1. The molecule has 8 heteroatoms. The minimum atomic E-state index is -0.183. The van der Waals surface area contributed by atoms with Crippen LogP contribution in [0.1, 0.15) is 36.8 Å². The van der Waals surface area contributed by atoms with Crippen molar-refractivity contribution in [2.75, 3.05) is 31.1 Å². The van der Waals surface area contributed by atoms with Gasteiger partial charge < -0.3 is 20.1 Å². The van der Waals surface area contributed by atoms with Crippen molar-refractivity contribution in [3.8, 4) is 0 Å². The molecule has 2 heterocycles. The fourth-order valence-electron chi connectivity index (χ4n) is 3.61. The Morgan fingerprint density at radius 3 is 2.69 bits per heavy atom. The molecule has 0 atom stereocenters. The summed E-state index contributed by atoms with van der Waals surface area (Å²) in [5.41, 5.74) is 3.04. The van der Waals surface area contributed by atoms with Crippen molar-refractivity contribution in [3.63, 3.8) is 0 Å². The molecular weight excluding hydrogens is 484 g/mol. The van der Waals surface area contributed by atoms with Crippen LogP contribution in [0.3, 0.4) is 0 Å². The number of aromatic nitrogens is 1. The average molecular weight is 515 g/mol. The highest BCUT2D eigenvalue weighted by Crippen LogP contribution is 2.20. The highest BCUT2D eigenvalue weighted by atomic mass is 127. The van der Waals surface area contributed by atoms with Crippen LogP contribution in [-0.4, -0.2) is 43.3 Å². The fraction of sp³-hybridized carbons (Fsp3) is 0.524. The third-order valence-corrected chi connectivity index (χ3v) is 5.17. The number of piperidine rings is 1. The summed E-state index contributed by atoms with van der Waals surface area (Å²) < 4.78 is 18.7. The summed E-state index contributed by atoms with van der Waals surface area (Å²) in [7, 11) is 0. The van der Waals surface area contributed by atoms with Gasteiger partial charge >= 0.3 is 0 Å². The predicted octanol–water partition coefficient (Wildman–Crippen LogP) is 3.82. The minimum absolute atomic E-state index is 0. The van der Waals surface area contributed by atoms with Crippen molar-refractivity contribution in [2.45, 2.75) is 46.1 Å². The molecule has 0 saturated carbocycles. The normalized spacial score (nSPS) is 15.2. The number of nitrogens with zero attached hydrogens (tertiary/aromatic N) is 3. The Bertz CT molecular complexity index is 783. The second kappa shape index (κ2) is 11.4. The quantitative estimate of drug-likeness (QED) is 0.348. The van der Waals surface area contributed by atoms with Crippen LogP contribution in [0, 0.1) is 19.7 Å². The Morgan fingerprint density at radius 2 is 2.07 bits per heavy atom. The molecule has 2 N–H and O–H groups in total. The van der Waals surface area contributed by atoms with E-state index in [0.29, 0.717) is 12.6 Å². The first-order valence-electron chi connectivity index (χ1n) is 10.0. The van der Waals surface area contributed by atoms with Gasteiger partial charge in [-0.1, -0.05) is 11.2 Å². The number of rotatable bonds is 6. The third-order valence-electron chi connectivity index (χ3n) is 5.17. The van der Waals surface area contributed by atoms with Crippen LogP contribution in [0.25, 0.3) is 0 Å². The average Bonchev–Trinajstić information content (AvgIpc) is 3.01. The summed E-state index contributed by atoms with van der Waals surface area (Å²) in [5, 5.41) is 10.9. The summed E-state index contributed by atoms with van der Waals surface area (Å²) in [6.07, 6.45) is 2.80. The van der Waals surface area contributed by atoms with E-state index in [1.165, 1.54) is 6.07 Å². The molecule has 0 radical (unpaired) electrons. The Kier molecular flexibility index (Phi) is 9.19. The zero-order chi connectivity index (χ0) is 19.9. The van der Waals surface area contributed by atoms with E-state index >= 15 is 0 Å². The number of hydrogen-bond acceptors (Lipinski definition) is 4. The first-order valence-corrected chi connectivity index (χ1v) is 10.0. The second-order valence-electron chi connectivity index (χ2n) is 7.20. The van der Waals surface area contributed by atoms with Gasteiger partial charge in [0.2, 0.25) is 0 Å². The molecule has 0 spiro atoms. The lowest BCUT2D eigenvalue weighted by Gasteiger charge is -2.34.